The summed E-state index contributed by atoms with van der Waals surface area (Å²) in [6.45, 7) is 4.03. The molecule has 0 radical (unpaired) electrons. The summed E-state index contributed by atoms with van der Waals surface area (Å²) in [5.41, 5.74) is 9.64. The van der Waals surface area contributed by atoms with Gasteiger partial charge in [-0.3, -0.25) is 4.79 Å². The van der Waals surface area contributed by atoms with E-state index >= 15 is 0 Å². The molecule has 2 aromatic carbocycles. The fourth-order valence-electron chi connectivity index (χ4n) is 2.45. The highest BCUT2D eigenvalue weighted by Gasteiger charge is 2.18. The van der Waals surface area contributed by atoms with Gasteiger partial charge in [-0.25, -0.2) is 4.98 Å². The maximum Gasteiger partial charge on any atom is 0.206 e. The molecule has 128 valence electrons. The Morgan fingerprint density at radius 2 is 1.96 bits per heavy atom. The minimum atomic E-state index is -0.112. The molecular weight excluding hydrogens is 354 g/mol. The Morgan fingerprint density at radius 1 is 1.24 bits per heavy atom. The highest BCUT2D eigenvalue weighted by molar-refractivity contribution is 7.18. The number of hydrogen-bond acceptors (Lipinski definition) is 5. The lowest BCUT2D eigenvalue weighted by atomic mass is 10.1. The van der Waals surface area contributed by atoms with E-state index in [1.165, 1.54) is 16.9 Å². The van der Waals surface area contributed by atoms with Crippen molar-refractivity contribution in [1.82, 2.24) is 4.98 Å². The van der Waals surface area contributed by atoms with Gasteiger partial charge < -0.3 is 11.1 Å². The summed E-state index contributed by atoms with van der Waals surface area (Å²) in [7, 11) is 0. The zero-order chi connectivity index (χ0) is 18.0. The number of aromatic nitrogens is 1. The number of carbonyl (C=O) groups is 1. The number of benzene rings is 2. The first-order chi connectivity index (χ1) is 12.0. The highest BCUT2D eigenvalue weighted by atomic mass is 35.5. The van der Waals surface area contributed by atoms with Crippen molar-refractivity contribution < 1.29 is 4.79 Å². The van der Waals surface area contributed by atoms with Gasteiger partial charge in [0.05, 0.1) is 0 Å². The van der Waals surface area contributed by atoms with E-state index < -0.39 is 0 Å². The van der Waals surface area contributed by atoms with Gasteiger partial charge in [-0.2, -0.15) is 0 Å². The second-order valence-electron chi connectivity index (χ2n) is 5.70. The summed E-state index contributed by atoms with van der Waals surface area (Å²) in [6, 6.07) is 13.1. The molecule has 0 saturated carbocycles. The smallest absolute Gasteiger partial charge is 0.206 e. The standard InChI is InChI=1S/C19H18ClN3OS/c1-3-12-4-6-13(7-5-12)16(24)17-18(21)23-19(25-17)22-15-9-8-14(20)10-11(15)2/h4-10H,3,21H2,1-2H3,(H,22,23). The number of hydrogen-bond donors (Lipinski definition) is 2. The molecule has 4 nitrogen and oxygen atoms in total. The third kappa shape index (κ3) is 3.83. The third-order valence-electron chi connectivity index (χ3n) is 3.91. The lowest BCUT2D eigenvalue weighted by Crippen LogP contribution is -2.02. The Morgan fingerprint density at radius 3 is 2.60 bits per heavy atom. The van der Waals surface area contributed by atoms with Gasteiger partial charge in [-0.1, -0.05) is 54.1 Å². The van der Waals surface area contributed by atoms with Crippen molar-refractivity contribution in [3.63, 3.8) is 0 Å². The summed E-state index contributed by atoms with van der Waals surface area (Å²) in [5, 5.41) is 4.46. The molecule has 0 aliphatic carbocycles. The Bertz CT molecular complexity index is 919. The zero-order valence-corrected chi connectivity index (χ0v) is 15.5. The van der Waals surface area contributed by atoms with Crippen LogP contribution in [0.4, 0.5) is 16.6 Å². The van der Waals surface area contributed by atoms with Gasteiger partial charge in [0.1, 0.15) is 10.7 Å². The molecule has 0 spiro atoms. The van der Waals surface area contributed by atoms with Crippen LogP contribution in [-0.4, -0.2) is 10.8 Å². The molecule has 0 amide bonds. The molecule has 0 fully saturated rings. The number of anilines is 3. The summed E-state index contributed by atoms with van der Waals surface area (Å²) < 4.78 is 0. The van der Waals surface area contributed by atoms with E-state index in [0.717, 1.165) is 17.7 Å². The molecule has 6 heteroatoms. The molecule has 0 unspecified atom stereocenters. The van der Waals surface area contributed by atoms with Crippen LogP contribution in [0.3, 0.4) is 0 Å². The Hall–Kier alpha value is -2.37. The van der Waals surface area contributed by atoms with Crippen molar-refractivity contribution in [2.45, 2.75) is 20.3 Å². The van der Waals surface area contributed by atoms with E-state index in [2.05, 4.69) is 17.2 Å². The van der Waals surface area contributed by atoms with E-state index in [9.17, 15) is 4.79 Å². The van der Waals surface area contributed by atoms with Crippen LogP contribution in [0, 0.1) is 6.92 Å². The summed E-state index contributed by atoms with van der Waals surface area (Å²) in [4.78, 5) is 17.4. The number of carbonyl (C=O) groups excluding carboxylic acids is 1. The fraction of sp³-hybridized carbons (Fsp3) is 0.158. The number of halogens is 1. The van der Waals surface area contributed by atoms with Crippen LogP contribution >= 0.6 is 22.9 Å². The van der Waals surface area contributed by atoms with E-state index in [1.54, 1.807) is 6.07 Å². The Labute approximate surface area is 155 Å². The molecule has 0 aliphatic heterocycles. The number of ketones is 1. The highest BCUT2D eigenvalue weighted by Crippen LogP contribution is 2.31. The van der Waals surface area contributed by atoms with Gasteiger partial charge in [-0.05, 0) is 42.7 Å². The quantitative estimate of drug-likeness (QED) is 0.603. The van der Waals surface area contributed by atoms with Crippen LogP contribution in [0.2, 0.25) is 5.02 Å². The molecule has 1 heterocycles. The molecular formula is C19H18ClN3OS. The number of rotatable bonds is 5. The minimum Gasteiger partial charge on any atom is -0.382 e. The first kappa shape index (κ1) is 17.5. The molecule has 0 bridgehead atoms. The molecule has 0 saturated heterocycles. The van der Waals surface area contributed by atoms with Crippen molar-refractivity contribution in [1.29, 1.82) is 0 Å². The van der Waals surface area contributed by atoms with Gasteiger partial charge in [0.15, 0.2) is 5.13 Å². The summed E-state index contributed by atoms with van der Waals surface area (Å²) in [5.74, 6) is 0.127. The fourth-order valence-corrected chi connectivity index (χ4v) is 3.54. The molecule has 3 N–H and O–H groups in total. The first-order valence-corrected chi connectivity index (χ1v) is 9.10. The third-order valence-corrected chi connectivity index (χ3v) is 5.13. The van der Waals surface area contributed by atoms with Crippen LogP contribution in [0.15, 0.2) is 42.5 Å². The number of aryl methyl sites for hydroxylation is 2. The average molecular weight is 372 g/mol. The molecule has 3 rings (SSSR count). The Kier molecular flexibility index (Phi) is 5.06. The average Bonchev–Trinajstić information content (AvgIpc) is 2.97. The van der Waals surface area contributed by atoms with Gasteiger partial charge in [0.2, 0.25) is 5.78 Å². The lowest BCUT2D eigenvalue weighted by Gasteiger charge is -2.06. The number of nitrogens with one attached hydrogen (secondary N) is 1. The number of nitrogens with two attached hydrogens (primary N) is 1. The number of thiazole rings is 1. The van der Waals surface area contributed by atoms with E-state index in [0.29, 0.717) is 20.6 Å². The van der Waals surface area contributed by atoms with Crippen LogP contribution in [-0.2, 0) is 6.42 Å². The van der Waals surface area contributed by atoms with Crippen molar-refractivity contribution in [2.24, 2.45) is 0 Å². The van der Waals surface area contributed by atoms with Crippen LogP contribution in [0.5, 0.6) is 0 Å². The lowest BCUT2D eigenvalue weighted by molar-refractivity contribution is 0.104. The van der Waals surface area contributed by atoms with Gasteiger partial charge in [0, 0.05) is 16.3 Å². The van der Waals surface area contributed by atoms with Crippen LogP contribution in [0.25, 0.3) is 0 Å². The minimum absolute atomic E-state index is 0.112. The molecule has 25 heavy (non-hydrogen) atoms. The van der Waals surface area contributed by atoms with E-state index in [1.807, 2.05) is 43.3 Å². The second-order valence-corrected chi connectivity index (χ2v) is 7.13. The molecule has 0 atom stereocenters. The van der Waals surface area contributed by atoms with Crippen LogP contribution < -0.4 is 11.1 Å². The van der Waals surface area contributed by atoms with Gasteiger partial charge in [-0.15, -0.1) is 0 Å². The molecule has 3 aromatic rings. The van der Waals surface area contributed by atoms with Gasteiger partial charge in [0.25, 0.3) is 0 Å². The normalized spacial score (nSPS) is 10.7. The van der Waals surface area contributed by atoms with Crippen molar-refractivity contribution >= 4 is 45.4 Å². The predicted octanol–water partition coefficient (Wildman–Crippen LogP) is 5.22. The SMILES string of the molecule is CCc1ccc(C(=O)c2sc(Nc3ccc(Cl)cc3C)nc2N)cc1. The summed E-state index contributed by atoms with van der Waals surface area (Å²) >= 11 is 7.23. The van der Waals surface area contributed by atoms with Crippen molar-refractivity contribution in [2.75, 3.05) is 11.1 Å². The second kappa shape index (κ2) is 7.25. The summed E-state index contributed by atoms with van der Waals surface area (Å²) in [6.07, 6.45) is 0.936. The van der Waals surface area contributed by atoms with Gasteiger partial charge >= 0.3 is 0 Å². The Balaban J connectivity index is 1.85. The van der Waals surface area contributed by atoms with Crippen LogP contribution in [0.1, 0.15) is 33.3 Å². The van der Waals surface area contributed by atoms with E-state index in [4.69, 9.17) is 17.3 Å². The predicted molar refractivity (Wildman–Crippen MR) is 105 cm³/mol. The zero-order valence-electron chi connectivity index (χ0n) is 14.0. The largest absolute Gasteiger partial charge is 0.382 e. The number of nitrogen functional groups attached to an aromatic ring is 1. The molecule has 0 aliphatic rings. The first-order valence-electron chi connectivity index (χ1n) is 7.91. The van der Waals surface area contributed by atoms with E-state index in [-0.39, 0.29) is 11.6 Å². The van der Waals surface area contributed by atoms with Crippen molar-refractivity contribution in [3.8, 4) is 0 Å². The molecule has 1 aromatic heterocycles. The maximum absolute atomic E-state index is 12.7. The monoisotopic (exact) mass is 371 g/mol. The van der Waals surface area contributed by atoms with Crippen molar-refractivity contribution in [3.05, 3.63) is 69.1 Å². The number of nitrogens with zero attached hydrogens (tertiary/aromatic N) is 1. The maximum atomic E-state index is 12.7. The topological polar surface area (TPSA) is 68.0 Å².